The Morgan fingerprint density at radius 3 is 2.71 bits per heavy atom. The zero-order valence-electron chi connectivity index (χ0n) is 8.90. The van der Waals surface area contributed by atoms with Gasteiger partial charge in [-0.1, -0.05) is 0 Å². The Morgan fingerprint density at radius 2 is 2.12 bits per heavy atom. The van der Waals surface area contributed by atoms with E-state index in [1.165, 1.54) is 19.3 Å². The van der Waals surface area contributed by atoms with Crippen molar-refractivity contribution in [2.24, 2.45) is 5.73 Å². The molecule has 3 N–H and O–H groups in total. The lowest BCUT2D eigenvalue weighted by Crippen LogP contribution is -2.44. The van der Waals surface area contributed by atoms with Crippen molar-refractivity contribution in [3.63, 3.8) is 0 Å². The molecule has 94 valence electrons. The number of nitrogens with one attached hydrogen (secondary N) is 1. The molecule has 2 heterocycles. The van der Waals surface area contributed by atoms with Crippen molar-refractivity contribution in [2.45, 2.75) is 18.3 Å². The number of likely N-dealkylation sites (N-methyl/N-ethyl adjacent to an activating group) is 1. The minimum Gasteiger partial charge on any atom is -0.317 e. The summed E-state index contributed by atoms with van der Waals surface area (Å²) in [6.45, 7) is 0. The molecule has 0 aromatic heterocycles. The predicted molar refractivity (Wildman–Crippen MR) is 52.8 cm³/mol. The Bertz CT molecular complexity index is 404. The second kappa shape index (κ2) is 3.74. The molecule has 0 spiro atoms. The number of alkyl halides is 3. The summed E-state index contributed by atoms with van der Waals surface area (Å²) in [4.78, 5) is 12.7. The van der Waals surface area contributed by atoms with Crippen molar-refractivity contribution in [1.29, 1.82) is 0 Å². The summed E-state index contributed by atoms with van der Waals surface area (Å²) in [5.74, 6) is -0.332. The van der Waals surface area contributed by atoms with E-state index in [1.807, 2.05) is 0 Å². The predicted octanol–water partition coefficient (Wildman–Crippen LogP) is -0.108. The van der Waals surface area contributed by atoms with Crippen molar-refractivity contribution in [2.75, 3.05) is 7.05 Å². The Hall–Kier alpha value is -1.54. The number of carbonyl (C=O) groups is 1. The van der Waals surface area contributed by atoms with E-state index in [1.54, 1.807) is 0 Å². The molecular weight excluding hydrogens is 237 g/mol. The average molecular weight is 248 g/mol. The Balaban J connectivity index is 2.31. The number of nitrogens with zero attached hydrogens (tertiary/aromatic N) is 2. The smallest absolute Gasteiger partial charge is 0.317 e. The second-order valence-electron chi connectivity index (χ2n) is 3.81. The number of hydrazine groups is 1. The SMILES string of the molecule is CN1C(=O)C(N)C=CN2NC(C(F)(F)F)C=C21. The monoisotopic (exact) mass is 248 g/mol. The lowest BCUT2D eigenvalue weighted by molar-refractivity contribution is -0.148. The molecule has 2 unspecified atom stereocenters. The number of halogens is 3. The van der Waals surface area contributed by atoms with E-state index in [4.69, 9.17) is 5.73 Å². The maximum absolute atomic E-state index is 12.5. The van der Waals surface area contributed by atoms with Crippen molar-refractivity contribution in [3.8, 4) is 0 Å². The highest BCUT2D eigenvalue weighted by atomic mass is 19.4. The topological polar surface area (TPSA) is 61.6 Å². The van der Waals surface area contributed by atoms with Crippen LogP contribution < -0.4 is 11.2 Å². The van der Waals surface area contributed by atoms with Crippen LogP contribution in [0.5, 0.6) is 0 Å². The van der Waals surface area contributed by atoms with Gasteiger partial charge in [-0.25, -0.2) is 5.43 Å². The van der Waals surface area contributed by atoms with Crippen LogP contribution in [0, 0.1) is 0 Å². The number of hydrogen-bond donors (Lipinski definition) is 2. The fourth-order valence-electron chi connectivity index (χ4n) is 1.64. The molecule has 1 amide bonds. The number of rotatable bonds is 0. The molecule has 0 radical (unpaired) electrons. The molecule has 0 fully saturated rings. The van der Waals surface area contributed by atoms with Gasteiger partial charge in [0.2, 0.25) is 5.91 Å². The molecule has 5 nitrogen and oxygen atoms in total. The van der Waals surface area contributed by atoms with Crippen LogP contribution in [0.1, 0.15) is 0 Å². The van der Waals surface area contributed by atoms with E-state index < -0.39 is 24.2 Å². The Labute approximate surface area is 95.3 Å². The van der Waals surface area contributed by atoms with Gasteiger partial charge in [0.15, 0.2) is 0 Å². The van der Waals surface area contributed by atoms with Crippen LogP contribution >= 0.6 is 0 Å². The molecule has 0 aromatic rings. The van der Waals surface area contributed by atoms with Gasteiger partial charge >= 0.3 is 6.18 Å². The van der Waals surface area contributed by atoms with Crippen LogP contribution in [0.25, 0.3) is 0 Å². The van der Waals surface area contributed by atoms with Gasteiger partial charge in [0.1, 0.15) is 17.9 Å². The van der Waals surface area contributed by atoms with Gasteiger partial charge in [-0.15, -0.1) is 0 Å². The van der Waals surface area contributed by atoms with Crippen molar-refractivity contribution >= 4 is 5.91 Å². The van der Waals surface area contributed by atoms with E-state index in [2.05, 4.69) is 5.43 Å². The first-order chi connectivity index (χ1) is 7.80. The normalized spacial score (nSPS) is 29.2. The molecule has 0 aliphatic carbocycles. The van der Waals surface area contributed by atoms with E-state index in [9.17, 15) is 18.0 Å². The molecule has 2 rings (SSSR count). The second-order valence-corrected chi connectivity index (χ2v) is 3.81. The lowest BCUT2D eigenvalue weighted by atomic mass is 10.2. The summed E-state index contributed by atoms with van der Waals surface area (Å²) in [6, 6.07) is -2.65. The first kappa shape index (κ1) is 11.9. The number of fused-ring (bicyclic) bond motifs is 1. The van der Waals surface area contributed by atoms with Crippen LogP contribution in [0.4, 0.5) is 13.2 Å². The van der Waals surface area contributed by atoms with E-state index in [0.29, 0.717) is 0 Å². The van der Waals surface area contributed by atoms with Crippen LogP contribution in [0.2, 0.25) is 0 Å². The molecule has 17 heavy (non-hydrogen) atoms. The first-order valence-corrected chi connectivity index (χ1v) is 4.86. The van der Waals surface area contributed by atoms with Crippen molar-refractivity contribution in [1.82, 2.24) is 15.3 Å². The molecule has 0 saturated heterocycles. The quantitative estimate of drug-likeness (QED) is 0.628. The third-order valence-corrected chi connectivity index (χ3v) is 2.60. The fraction of sp³-hybridized carbons (Fsp3) is 0.444. The zero-order chi connectivity index (χ0) is 12.8. The Morgan fingerprint density at radius 1 is 1.47 bits per heavy atom. The minimum atomic E-state index is -4.40. The summed E-state index contributed by atoms with van der Waals surface area (Å²) in [5.41, 5.74) is 7.73. The number of amides is 1. The van der Waals surface area contributed by atoms with E-state index in [-0.39, 0.29) is 5.82 Å². The Kier molecular flexibility index (Phi) is 2.63. The van der Waals surface area contributed by atoms with Gasteiger partial charge < -0.3 is 5.73 Å². The molecule has 2 aliphatic rings. The van der Waals surface area contributed by atoms with Gasteiger partial charge in [0.05, 0.1) is 0 Å². The molecule has 0 saturated carbocycles. The summed E-state index contributed by atoms with van der Waals surface area (Å²) >= 11 is 0. The summed E-state index contributed by atoms with van der Waals surface area (Å²) in [6.07, 6.45) is -0.797. The largest absolute Gasteiger partial charge is 0.409 e. The molecule has 8 heteroatoms. The third kappa shape index (κ3) is 2.01. The van der Waals surface area contributed by atoms with Crippen LogP contribution in [0.15, 0.2) is 24.2 Å². The number of hydrogen-bond acceptors (Lipinski definition) is 4. The van der Waals surface area contributed by atoms with Crippen LogP contribution in [-0.4, -0.2) is 41.1 Å². The maximum Gasteiger partial charge on any atom is 0.409 e. The molecule has 0 aromatic carbocycles. The number of carbonyl (C=O) groups excluding carboxylic acids is 1. The highest BCUT2D eigenvalue weighted by Crippen LogP contribution is 2.29. The first-order valence-electron chi connectivity index (χ1n) is 4.86. The van der Waals surface area contributed by atoms with Crippen molar-refractivity contribution in [3.05, 3.63) is 24.2 Å². The number of nitrogens with two attached hydrogens (primary N) is 1. The lowest BCUT2D eigenvalue weighted by Gasteiger charge is -2.24. The average Bonchev–Trinajstić information content (AvgIpc) is 2.63. The minimum absolute atomic E-state index is 0.126. The summed E-state index contributed by atoms with van der Waals surface area (Å²) < 4.78 is 37.6. The van der Waals surface area contributed by atoms with Gasteiger partial charge in [-0.3, -0.25) is 14.7 Å². The van der Waals surface area contributed by atoms with E-state index >= 15 is 0 Å². The highest BCUT2D eigenvalue weighted by molar-refractivity contribution is 5.85. The van der Waals surface area contributed by atoms with Gasteiger partial charge in [-0.2, -0.15) is 13.2 Å². The third-order valence-electron chi connectivity index (χ3n) is 2.60. The summed E-state index contributed by atoms with van der Waals surface area (Å²) in [7, 11) is 1.38. The highest BCUT2D eigenvalue weighted by Gasteiger charge is 2.44. The van der Waals surface area contributed by atoms with E-state index in [0.717, 1.165) is 16.0 Å². The summed E-state index contributed by atoms with van der Waals surface area (Å²) in [5, 5.41) is 1.14. The molecular formula is C9H11F3N4O. The molecule has 2 atom stereocenters. The fourth-order valence-corrected chi connectivity index (χ4v) is 1.64. The van der Waals surface area contributed by atoms with Crippen LogP contribution in [-0.2, 0) is 4.79 Å². The maximum atomic E-state index is 12.5. The standard InChI is InChI=1S/C9H11F3N4O/c1-15-7-4-6(9(10,11)12)14-16(7)3-2-5(13)8(15)17/h2-6,14H,13H2,1H3. The van der Waals surface area contributed by atoms with Crippen molar-refractivity contribution < 1.29 is 18.0 Å². The molecule has 0 bridgehead atoms. The van der Waals surface area contributed by atoms with Gasteiger partial charge in [-0.05, 0) is 12.2 Å². The van der Waals surface area contributed by atoms with Gasteiger partial charge in [0.25, 0.3) is 0 Å². The van der Waals surface area contributed by atoms with Crippen LogP contribution in [0.3, 0.4) is 0 Å². The zero-order valence-corrected chi connectivity index (χ0v) is 8.90. The van der Waals surface area contributed by atoms with Gasteiger partial charge in [0, 0.05) is 13.2 Å². The molecule has 2 aliphatic heterocycles.